The SMILES string of the molecule is CC1(c2cc(Cl)c(Cl)c(Cl)c2)CC(c2ccc(F)c(CNC(=O)C3CC3)c2)=NO1. The van der Waals surface area contributed by atoms with Crippen molar-refractivity contribution in [2.45, 2.75) is 38.3 Å². The zero-order chi connectivity index (χ0) is 20.8. The minimum Gasteiger partial charge on any atom is -0.384 e. The summed E-state index contributed by atoms with van der Waals surface area (Å²) in [5.41, 5.74) is 1.78. The van der Waals surface area contributed by atoms with E-state index in [1.54, 1.807) is 24.3 Å². The highest BCUT2D eigenvalue weighted by Gasteiger charge is 2.37. The molecule has 152 valence electrons. The van der Waals surface area contributed by atoms with Crippen molar-refractivity contribution >= 4 is 46.4 Å². The molecule has 1 atom stereocenters. The molecule has 2 aromatic rings. The quantitative estimate of drug-likeness (QED) is 0.575. The smallest absolute Gasteiger partial charge is 0.223 e. The van der Waals surface area contributed by atoms with Gasteiger partial charge in [0.15, 0.2) is 5.60 Å². The van der Waals surface area contributed by atoms with Crippen LogP contribution in [0.2, 0.25) is 15.1 Å². The summed E-state index contributed by atoms with van der Waals surface area (Å²) in [6, 6.07) is 8.13. The van der Waals surface area contributed by atoms with Crippen LogP contribution >= 0.6 is 34.8 Å². The maximum Gasteiger partial charge on any atom is 0.223 e. The lowest BCUT2D eigenvalue weighted by molar-refractivity contribution is -0.122. The van der Waals surface area contributed by atoms with Crippen LogP contribution in [-0.4, -0.2) is 11.6 Å². The first-order valence-corrected chi connectivity index (χ1v) is 10.4. The second-order valence-electron chi connectivity index (χ2n) is 7.59. The van der Waals surface area contributed by atoms with Gasteiger partial charge in [-0.25, -0.2) is 4.39 Å². The number of amides is 1. The Kier molecular flexibility index (Phi) is 5.49. The predicted molar refractivity (Wildman–Crippen MR) is 112 cm³/mol. The van der Waals surface area contributed by atoms with E-state index in [1.807, 2.05) is 6.92 Å². The van der Waals surface area contributed by atoms with Crippen LogP contribution in [0.1, 0.15) is 42.9 Å². The molecule has 4 rings (SSSR count). The minimum absolute atomic E-state index is 0.0274. The first-order chi connectivity index (χ1) is 13.8. The van der Waals surface area contributed by atoms with E-state index in [1.165, 1.54) is 6.07 Å². The molecule has 1 fully saturated rings. The van der Waals surface area contributed by atoms with Gasteiger partial charge in [0.2, 0.25) is 5.91 Å². The molecule has 0 saturated heterocycles. The van der Waals surface area contributed by atoms with Crippen LogP contribution in [0.25, 0.3) is 0 Å². The molecule has 1 aliphatic carbocycles. The average molecular weight is 456 g/mol. The zero-order valence-corrected chi connectivity index (χ0v) is 17.8. The summed E-state index contributed by atoms with van der Waals surface area (Å²) in [6.07, 6.45) is 2.25. The van der Waals surface area contributed by atoms with Gasteiger partial charge < -0.3 is 10.2 Å². The molecule has 0 spiro atoms. The fourth-order valence-corrected chi connectivity index (χ4v) is 3.87. The minimum atomic E-state index is -0.776. The third-order valence-electron chi connectivity index (χ3n) is 5.24. The molecule has 1 N–H and O–H groups in total. The molecule has 0 aromatic heterocycles. The molecule has 1 heterocycles. The van der Waals surface area contributed by atoms with Crippen molar-refractivity contribution < 1.29 is 14.0 Å². The van der Waals surface area contributed by atoms with E-state index in [9.17, 15) is 9.18 Å². The highest BCUT2D eigenvalue weighted by molar-refractivity contribution is 6.48. The third kappa shape index (κ3) is 4.23. The molecule has 0 radical (unpaired) electrons. The summed E-state index contributed by atoms with van der Waals surface area (Å²) in [7, 11) is 0. The van der Waals surface area contributed by atoms with Crippen molar-refractivity contribution in [1.29, 1.82) is 0 Å². The van der Waals surface area contributed by atoms with E-state index >= 15 is 0 Å². The standard InChI is InChI=1S/C21H18Cl3FN2O2/c1-21(14-7-15(22)19(24)16(23)8-14)9-18(27-29-21)12-4-5-17(25)13(6-12)10-26-20(28)11-2-3-11/h4-8,11H,2-3,9-10H2,1H3,(H,26,28). The fraction of sp³-hybridized carbons (Fsp3) is 0.333. The molecule has 2 aromatic carbocycles. The Hall–Kier alpha value is -1.82. The van der Waals surface area contributed by atoms with Gasteiger partial charge in [0.25, 0.3) is 0 Å². The molecular formula is C21H18Cl3FN2O2. The summed E-state index contributed by atoms with van der Waals surface area (Å²) in [5, 5.41) is 7.96. The van der Waals surface area contributed by atoms with Crippen LogP contribution in [0.15, 0.2) is 35.5 Å². The van der Waals surface area contributed by atoms with Crippen molar-refractivity contribution in [1.82, 2.24) is 5.32 Å². The van der Waals surface area contributed by atoms with Crippen molar-refractivity contribution in [3.8, 4) is 0 Å². The number of carbonyl (C=O) groups is 1. The number of nitrogens with one attached hydrogen (secondary N) is 1. The second kappa shape index (κ2) is 7.78. The van der Waals surface area contributed by atoms with Gasteiger partial charge in [-0.05, 0) is 44.0 Å². The molecule has 0 bridgehead atoms. The Labute approximate surface area is 183 Å². The van der Waals surface area contributed by atoms with Crippen LogP contribution in [0.4, 0.5) is 4.39 Å². The Bertz CT molecular complexity index is 1000. The zero-order valence-electron chi connectivity index (χ0n) is 15.6. The van der Waals surface area contributed by atoms with Crippen LogP contribution < -0.4 is 5.32 Å². The Morgan fingerprint density at radius 2 is 1.93 bits per heavy atom. The number of halogens is 4. The van der Waals surface area contributed by atoms with Crippen LogP contribution in [0, 0.1) is 11.7 Å². The molecule has 8 heteroatoms. The van der Waals surface area contributed by atoms with Gasteiger partial charge in [0, 0.05) is 35.6 Å². The summed E-state index contributed by atoms with van der Waals surface area (Å²) in [5.74, 6) is -0.323. The first-order valence-electron chi connectivity index (χ1n) is 9.23. The number of hydrogen-bond donors (Lipinski definition) is 1. The van der Waals surface area contributed by atoms with E-state index < -0.39 is 5.60 Å². The lowest BCUT2D eigenvalue weighted by Gasteiger charge is -2.22. The lowest BCUT2D eigenvalue weighted by Crippen LogP contribution is -2.25. The van der Waals surface area contributed by atoms with Crippen molar-refractivity contribution in [3.63, 3.8) is 0 Å². The molecule has 1 saturated carbocycles. The van der Waals surface area contributed by atoms with Gasteiger partial charge in [-0.15, -0.1) is 0 Å². The number of carbonyl (C=O) groups excluding carboxylic acids is 1. The topological polar surface area (TPSA) is 50.7 Å². The molecule has 29 heavy (non-hydrogen) atoms. The fourth-order valence-electron chi connectivity index (χ4n) is 3.27. The number of benzene rings is 2. The van der Waals surface area contributed by atoms with Gasteiger partial charge >= 0.3 is 0 Å². The van der Waals surface area contributed by atoms with Gasteiger partial charge in [-0.2, -0.15) is 0 Å². The maximum atomic E-state index is 14.2. The third-order valence-corrected chi connectivity index (χ3v) is 6.43. The van der Waals surface area contributed by atoms with E-state index in [4.69, 9.17) is 39.6 Å². The first kappa shape index (κ1) is 20.5. The summed E-state index contributed by atoms with van der Waals surface area (Å²) in [6.45, 7) is 2.02. The average Bonchev–Trinajstić information content (AvgIpc) is 3.47. The summed E-state index contributed by atoms with van der Waals surface area (Å²) in [4.78, 5) is 17.6. The highest BCUT2D eigenvalue weighted by Crippen LogP contribution is 2.41. The van der Waals surface area contributed by atoms with E-state index in [2.05, 4.69) is 10.5 Å². The molecular weight excluding hydrogens is 438 g/mol. The van der Waals surface area contributed by atoms with Gasteiger partial charge in [-0.1, -0.05) is 46.0 Å². The Morgan fingerprint density at radius 1 is 1.24 bits per heavy atom. The number of oxime groups is 1. The summed E-state index contributed by atoms with van der Waals surface area (Å²) >= 11 is 18.3. The van der Waals surface area contributed by atoms with E-state index in [-0.39, 0.29) is 29.2 Å². The molecule has 2 aliphatic rings. The predicted octanol–water partition coefficient (Wildman–Crippen LogP) is 5.85. The van der Waals surface area contributed by atoms with E-state index in [0.717, 1.165) is 24.0 Å². The lowest BCUT2D eigenvalue weighted by atomic mass is 9.89. The molecule has 1 unspecified atom stereocenters. The van der Waals surface area contributed by atoms with Crippen LogP contribution in [0.3, 0.4) is 0 Å². The second-order valence-corrected chi connectivity index (χ2v) is 8.78. The highest BCUT2D eigenvalue weighted by atomic mass is 35.5. The van der Waals surface area contributed by atoms with E-state index in [0.29, 0.717) is 27.7 Å². The number of hydrogen-bond acceptors (Lipinski definition) is 3. The monoisotopic (exact) mass is 454 g/mol. The maximum absolute atomic E-state index is 14.2. The normalized spacial score (nSPS) is 20.9. The molecule has 4 nitrogen and oxygen atoms in total. The van der Waals surface area contributed by atoms with Gasteiger partial charge in [0.05, 0.1) is 20.8 Å². The number of rotatable bonds is 5. The van der Waals surface area contributed by atoms with Crippen molar-refractivity contribution in [2.75, 3.05) is 0 Å². The van der Waals surface area contributed by atoms with Crippen molar-refractivity contribution in [3.05, 3.63) is 67.9 Å². The summed E-state index contributed by atoms with van der Waals surface area (Å²) < 4.78 is 14.2. The Balaban J connectivity index is 1.52. The molecule has 1 aliphatic heterocycles. The van der Waals surface area contributed by atoms with Crippen LogP contribution in [-0.2, 0) is 21.8 Å². The largest absolute Gasteiger partial charge is 0.384 e. The van der Waals surface area contributed by atoms with Crippen LogP contribution in [0.5, 0.6) is 0 Å². The molecule has 1 amide bonds. The van der Waals surface area contributed by atoms with Gasteiger partial charge in [-0.3, -0.25) is 4.79 Å². The van der Waals surface area contributed by atoms with Crippen molar-refractivity contribution in [2.24, 2.45) is 11.1 Å². The number of nitrogens with zero attached hydrogens (tertiary/aromatic N) is 1. The van der Waals surface area contributed by atoms with Gasteiger partial charge in [0.1, 0.15) is 5.82 Å². The Morgan fingerprint density at radius 3 is 2.59 bits per heavy atom.